The van der Waals surface area contributed by atoms with Crippen LogP contribution < -0.4 is 0 Å². The zero-order valence-electron chi connectivity index (χ0n) is 14.5. The van der Waals surface area contributed by atoms with Crippen molar-refractivity contribution in [2.75, 3.05) is 0 Å². The van der Waals surface area contributed by atoms with Gasteiger partial charge >= 0.3 is 0 Å². The summed E-state index contributed by atoms with van der Waals surface area (Å²) in [5, 5.41) is 39.5. The van der Waals surface area contributed by atoms with Gasteiger partial charge in [0.2, 0.25) is 0 Å². The highest BCUT2D eigenvalue weighted by atomic mass is 16.3. The van der Waals surface area contributed by atoms with E-state index in [1.807, 2.05) is 30.3 Å². The molecule has 1 heterocycles. The van der Waals surface area contributed by atoms with Crippen LogP contribution in [0, 0.1) is 0 Å². The van der Waals surface area contributed by atoms with Gasteiger partial charge in [-0.25, -0.2) is 15.0 Å². The van der Waals surface area contributed by atoms with Crippen LogP contribution >= 0.6 is 0 Å². The second-order valence-electron chi connectivity index (χ2n) is 6.08. The summed E-state index contributed by atoms with van der Waals surface area (Å²) in [6, 6.07) is 17.4. The summed E-state index contributed by atoms with van der Waals surface area (Å²) in [6.45, 7) is 0. The van der Waals surface area contributed by atoms with Gasteiger partial charge < -0.3 is 20.4 Å². The lowest BCUT2D eigenvalue weighted by atomic mass is 10.1. The molecule has 4 aromatic rings. The number of phenolic OH excluding ortho intramolecular Hbond substituents is 4. The average molecular weight is 373 g/mol. The quantitative estimate of drug-likeness (QED) is 0.432. The Hall–Kier alpha value is -4.13. The number of aromatic nitrogens is 3. The summed E-state index contributed by atoms with van der Waals surface area (Å²) in [5.74, 6) is 0.144. The lowest BCUT2D eigenvalue weighted by molar-refractivity contribution is 0.451. The topological polar surface area (TPSA) is 120 Å². The van der Waals surface area contributed by atoms with Crippen LogP contribution in [0.3, 0.4) is 0 Å². The zero-order chi connectivity index (χ0) is 19.7. The first-order valence-corrected chi connectivity index (χ1v) is 8.37. The number of benzene rings is 3. The molecular formula is C21H15N3O4. The molecular weight excluding hydrogens is 358 g/mol. The number of aromatic hydroxyl groups is 4. The van der Waals surface area contributed by atoms with Crippen molar-refractivity contribution in [1.82, 2.24) is 15.0 Å². The van der Waals surface area contributed by atoms with Gasteiger partial charge in [-0.2, -0.15) is 0 Å². The van der Waals surface area contributed by atoms with Gasteiger partial charge in [0.15, 0.2) is 17.5 Å². The van der Waals surface area contributed by atoms with Crippen LogP contribution in [0.2, 0.25) is 0 Å². The molecule has 0 unspecified atom stereocenters. The maximum absolute atomic E-state index is 10.2. The van der Waals surface area contributed by atoms with E-state index in [1.54, 1.807) is 0 Å². The van der Waals surface area contributed by atoms with Gasteiger partial charge in [-0.15, -0.1) is 0 Å². The van der Waals surface area contributed by atoms with Crippen molar-refractivity contribution in [1.29, 1.82) is 0 Å². The molecule has 0 fully saturated rings. The summed E-state index contributed by atoms with van der Waals surface area (Å²) in [6.07, 6.45) is 0. The Morgan fingerprint density at radius 1 is 0.500 bits per heavy atom. The lowest BCUT2D eigenvalue weighted by Gasteiger charge is -2.10. The van der Waals surface area contributed by atoms with Gasteiger partial charge in [-0.1, -0.05) is 30.3 Å². The van der Waals surface area contributed by atoms with E-state index in [9.17, 15) is 20.4 Å². The Bertz CT molecular complexity index is 1090. The van der Waals surface area contributed by atoms with E-state index in [4.69, 9.17) is 0 Å². The maximum Gasteiger partial charge on any atom is 0.167 e. The Balaban J connectivity index is 1.96. The molecule has 0 aliphatic rings. The second kappa shape index (κ2) is 6.88. The van der Waals surface area contributed by atoms with E-state index in [1.165, 1.54) is 36.4 Å². The summed E-state index contributed by atoms with van der Waals surface area (Å²) in [5.41, 5.74) is 1.33. The largest absolute Gasteiger partial charge is 0.508 e. The van der Waals surface area contributed by atoms with Gasteiger partial charge in [-0.05, 0) is 24.3 Å². The number of hydrogen-bond donors (Lipinski definition) is 4. The van der Waals surface area contributed by atoms with Gasteiger partial charge in [0, 0.05) is 17.7 Å². The molecule has 0 amide bonds. The average Bonchev–Trinajstić information content (AvgIpc) is 2.68. The molecule has 0 radical (unpaired) electrons. The van der Waals surface area contributed by atoms with Crippen molar-refractivity contribution < 1.29 is 20.4 Å². The van der Waals surface area contributed by atoms with E-state index in [-0.39, 0.29) is 34.6 Å². The van der Waals surface area contributed by atoms with Crippen LogP contribution in [0.4, 0.5) is 0 Å². The molecule has 0 aliphatic carbocycles. The first-order valence-electron chi connectivity index (χ1n) is 8.37. The lowest BCUT2D eigenvalue weighted by Crippen LogP contribution is -2.00. The molecule has 28 heavy (non-hydrogen) atoms. The number of hydrogen-bond acceptors (Lipinski definition) is 7. The molecule has 0 saturated carbocycles. The van der Waals surface area contributed by atoms with Gasteiger partial charge in [0.1, 0.15) is 23.0 Å². The van der Waals surface area contributed by atoms with Crippen LogP contribution in [0.25, 0.3) is 34.2 Å². The predicted octanol–water partition coefficient (Wildman–Crippen LogP) is 3.70. The fourth-order valence-electron chi connectivity index (χ4n) is 2.75. The van der Waals surface area contributed by atoms with E-state index in [2.05, 4.69) is 15.0 Å². The van der Waals surface area contributed by atoms with Crippen molar-refractivity contribution in [3.63, 3.8) is 0 Å². The summed E-state index contributed by atoms with van der Waals surface area (Å²) in [4.78, 5) is 13.3. The van der Waals surface area contributed by atoms with Gasteiger partial charge in [0.05, 0.1) is 11.1 Å². The van der Waals surface area contributed by atoms with E-state index in [0.717, 1.165) is 5.56 Å². The molecule has 0 atom stereocenters. The molecule has 0 bridgehead atoms. The monoisotopic (exact) mass is 373 g/mol. The van der Waals surface area contributed by atoms with Gasteiger partial charge in [0.25, 0.3) is 0 Å². The second-order valence-corrected chi connectivity index (χ2v) is 6.08. The fourth-order valence-corrected chi connectivity index (χ4v) is 2.75. The molecule has 138 valence electrons. The zero-order valence-corrected chi connectivity index (χ0v) is 14.5. The maximum atomic E-state index is 10.2. The number of rotatable bonds is 3. The molecule has 0 saturated heterocycles. The summed E-state index contributed by atoms with van der Waals surface area (Å²) in [7, 11) is 0. The molecule has 0 spiro atoms. The Morgan fingerprint density at radius 2 is 0.964 bits per heavy atom. The van der Waals surface area contributed by atoms with E-state index < -0.39 is 0 Å². The third-order valence-electron chi connectivity index (χ3n) is 4.11. The highest BCUT2D eigenvalue weighted by Gasteiger charge is 2.16. The van der Waals surface area contributed by atoms with E-state index >= 15 is 0 Å². The highest BCUT2D eigenvalue weighted by Crippen LogP contribution is 2.34. The van der Waals surface area contributed by atoms with Gasteiger partial charge in [-0.3, -0.25) is 0 Å². The molecule has 4 N–H and O–H groups in total. The minimum absolute atomic E-state index is 0.0880. The minimum Gasteiger partial charge on any atom is -0.508 e. The minimum atomic E-state index is -0.189. The highest BCUT2D eigenvalue weighted by molar-refractivity contribution is 5.72. The molecule has 0 aliphatic heterocycles. The SMILES string of the molecule is Oc1ccc(-c2nc(-c3ccccc3)nc(-c3ccc(O)cc3O)n2)c(O)c1. The van der Waals surface area contributed by atoms with Crippen LogP contribution in [-0.2, 0) is 0 Å². The predicted molar refractivity (Wildman–Crippen MR) is 103 cm³/mol. The summed E-state index contributed by atoms with van der Waals surface area (Å²) >= 11 is 0. The Kier molecular flexibility index (Phi) is 4.25. The Morgan fingerprint density at radius 3 is 1.43 bits per heavy atom. The third-order valence-corrected chi connectivity index (χ3v) is 4.11. The molecule has 7 nitrogen and oxygen atoms in total. The molecule has 4 rings (SSSR count). The van der Waals surface area contributed by atoms with E-state index in [0.29, 0.717) is 17.0 Å². The first-order chi connectivity index (χ1) is 13.5. The van der Waals surface area contributed by atoms with Crippen LogP contribution in [0.15, 0.2) is 66.7 Å². The number of nitrogens with zero attached hydrogens (tertiary/aromatic N) is 3. The molecule has 1 aromatic heterocycles. The first kappa shape index (κ1) is 17.3. The standard InChI is InChI=1S/C21H15N3O4/c25-13-6-8-15(17(27)10-13)20-22-19(12-4-2-1-3-5-12)23-21(24-20)16-9-7-14(26)11-18(16)28/h1-11,25-28H. The van der Waals surface area contributed by atoms with Crippen LogP contribution in [0.5, 0.6) is 23.0 Å². The number of phenols is 4. The van der Waals surface area contributed by atoms with Crippen LogP contribution in [-0.4, -0.2) is 35.4 Å². The fraction of sp³-hybridized carbons (Fsp3) is 0. The van der Waals surface area contributed by atoms with Crippen LogP contribution in [0.1, 0.15) is 0 Å². The molecule has 7 heteroatoms. The summed E-state index contributed by atoms with van der Waals surface area (Å²) < 4.78 is 0. The normalized spacial score (nSPS) is 10.7. The van der Waals surface area contributed by atoms with Crippen molar-refractivity contribution in [3.05, 3.63) is 66.7 Å². The van der Waals surface area contributed by atoms with Crippen molar-refractivity contribution in [3.8, 4) is 57.2 Å². The van der Waals surface area contributed by atoms with Crippen molar-refractivity contribution in [2.45, 2.75) is 0 Å². The van der Waals surface area contributed by atoms with Crippen molar-refractivity contribution >= 4 is 0 Å². The molecule has 3 aromatic carbocycles. The Labute approximate surface area is 159 Å². The smallest absolute Gasteiger partial charge is 0.167 e. The van der Waals surface area contributed by atoms with Crippen molar-refractivity contribution in [2.24, 2.45) is 0 Å². The third kappa shape index (κ3) is 3.28.